The molecule has 2 rings (SSSR count). The SMILES string of the molecule is CCN1C(=O)C(C)Oc2ccc(NC(=O)C(C)(C)C)cc21. The lowest BCUT2D eigenvalue weighted by molar-refractivity contribution is -0.125. The second-order valence-corrected chi connectivity index (χ2v) is 6.23. The van der Waals surface area contributed by atoms with Crippen molar-refractivity contribution in [1.29, 1.82) is 0 Å². The lowest BCUT2D eigenvalue weighted by atomic mass is 9.95. The Morgan fingerprint density at radius 1 is 1.38 bits per heavy atom. The van der Waals surface area contributed by atoms with Gasteiger partial charge < -0.3 is 15.0 Å². The number of ether oxygens (including phenoxy) is 1. The lowest BCUT2D eigenvalue weighted by Crippen LogP contribution is -2.44. The molecule has 2 amide bonds. The molecule has 114 valence electrons. The number of amides is 2. The summed E-state index contributed by atoms with van der Waals surface area (Å²) in [6.07, 6.45) is -0.479. The van der Waals surface area contributed by atoms with Gasteiger partial charge in [0, 0.05) is 17.6 Å². The molecule has 1 unspecified atom stereocenters. The minimum absolute atomic E-state index is 0.0655. The zero-order chi connectivity index (χ0) is 15.8. The molecule has 0 fully saturated rings. The fraction of sp³-hybridized carbons (Fsp3) is 0.500. The van der Waals surface area contributed by atoms with Gasteiger partial charge in [-0.05, 0) is 32.0 Å². The van der Waals surface area contributed by atoms with Gasteiger partial charge in [0.1, 0.15) is 5.75 Å². The fourth-order valence-corrected chi connectivity index (χ4v) is 2.13. The highest BCUT2D eigenvalue weighted by molar-refractivity contribution is 6.01. The highest BCUT2D eigenvalue weighted by Gasteiger charge is 2.31. The van der Waals surface area contributed by atoms with E-state index in [1.165, 1.54) is 0 Å². The number of rotatable bonds is 2. The van der Waals surface area contributed by atoms with E-state index >= 15 is 0 Å². The molecule has 1 N–H and O–H groups in total. The topological polar surface area (TPSA) is 58.6 Å². The number of carbonyl (C=O) groups excluding carboxylic acids is 2. The van der Waals surface area contributed by atoms with Gasteiger partial charge in [-0.15, -0.1) is 0 Å². The van der Waals surface area contributed by atoms with Crippen molar-refractivity contribution in [3.63, 3.8) is 0 Å². The van der Waals surface area contributed by atoms with E-state index in [1.54, 1.807) is 30.0 Å². The standard InChI is InChI=1S/C16H22N2O3/c1-6-18-12-9-11(17-15(20)16(3,4)5)7-8-13(12)21-10(2)14(18)19/h7-10H,6H2,1-5H3,(H,17,20). The summed E-state index contributed by atoms with van der Waals surface area (Å²) in [5, 5.41) is 2.87. The van der Waals surface area contributed by atoms with Crippen molar-refractivity contribution in [1.82, 2.24) is 0 Å². The summed E-state index contributed by atoms with van der Waals surface area (Å²) < 4.78 is 5.60. The van der Waals surface area contributed by atoms with Crippen molar-refractivity contribution in [2.24, 2.45) is 5.41 Å². The van der Waals surface area contributed by atoms with E-state index in [0.29, 0.717) is 23.7 Å². The molecule has 1 aliphatic rings. The Labute approximate surface area is 125 Å². The summed E-state index contributed by atoms with van der Waals surface area (Å²) >= 11 is 0. The maximum absolute atomic E-state index is 12.1. The van der Waals surface area contributed by atoms with Gasteiger partial charge in [0.25, 0.3) is 5.91 Å². The molecule has 5 heteroatoms. The van der Waals surface area contributed by atoms with E-state index < -0.39 is 11.5 Å². The molecule has 0 saturated carbocycles. The van der Waals surface area contributed by atoms with Crippen LogP contribution in [0.4, 0.5) is 11.4 Å². The van der Waals surface area contributed by atoms with Gasteiger partial charge in [-0.1, -0.05) is 20.8 Å². The summed E-state index contributed by atoms with van der Waals surface area (Å²) in [6.45, 7) is 9.79. The van der Waals surface area contributed by atoms with E-state index in [4.69, 9.17) is 4.74 Å². The first-order valence-electron chi connectivity index (χ1n) is 7.17. The third-order valence-electron chi connectivity index (χ3n) is 3.42. The van der Waals surface area contributed by atoms with Crippen LogP contribution in [0, 0.1) is 5.41 Å². The van der Waals surface area contributed by atoms with Crippen LogP contribution in [0.5, 0.6) is 5.75 Å². The Morgan fingerprint density at radius 3 is 2.62 bits per heavy atom. The Hall–Kier alpha value is -2.04. The van der Waals surface area contributed by atoms with E-state index in [-0.39, 0.29) is 11.8 Å². The maximum atomic E-state index is 12.1. The molecule has 1 atom stereocenters. The number of hydrogen-bond donors (Lipinski definition) is 1. The molecule has 1 heterocycles. The predicted molar refractivity (Wildman–Crippen MR) is 82.6 cm³/mol. The molecule has 0 bridgehead atoms. The van der Waals surface area contributed by atoms with Crippen molar-refractivity contribution in [3.05, 3.63) is 18.2 Å². The third-order valence-corrected chi connectivity index (χ3v) is 3.42. The summed E-state index contributed by atoms with van der Waals surface area (Å²) in [5.41, 5.74) is 0.895. The minimum Gasteiger partial charge on any atom is -0.479 e. The van der Waals surface area contributed by atoms with Crippen molar-refractivity contribution in [2.75, 3.05) is 16.8 Å². The molecule has 0 aromatic heterocycles. The normalized spacial score (nSPS) is 18.0. The number of anilines is 2. The Bertz CT molecular complexity index is 575. The van der Waals surface area contributed by atoms with Crippen molar-refractivity contribution < 1.29 is 14.3 Å². The molecule has 0 saturated heterocycles. The second-order valence-electron chi connectivity index (χ2n) is 6.23. The molecule has 0 spiro atoms. The number of hydrogen-bond acceptors (Lipinski definition) is 3. The number of likely N-dealkylation sites (N-methyl/N-ethyl adjacent to an activating group) is 1. The number of benzene rings is 1. The molecule has 1 aromatic carbocycles. The van der Waals surface area contributed by atoms with Crippen LogP contribution in [0.3, 0.4) is 0 Å². The minimum atomic E-state index is -0.479. The number of carbonyl (C=O) groups is 2. The molecule has 0 radical (unpaired) electrons. The van der Waals surface area contributed by atoms with Gasteiger partial charge in [0.15, 0.2) is 6.10 Å². The van der Waals surface area contributed by atoms with E-state index in [2.05, 4.69) is 5.32 Å². The van der Waals surface area contributed by atoms with E-state index in [9.17, 15) is 9.59 Å². The Kier molecular flexibility index (Phi) is 3.94. The zero-order valence-electron chi connectivity index (χ0n) is 13.2. The van der Waals surface area contributed by atoms with Gasteiger partial charge in [0.2, 0.25) is 5.91 Å². The van der Waals surface area contributed by atoms with Gasteiger partial charge >= 0.3 is 0 Å². The van der Waals surface area contributed by atoms with E-state index in [0.717, 1.165) is 0 Å². The third kappa shape index (κ3) is 3.01. The van der Waals surface area contributed by atoms with Crippen LogP contribution >= 0.6 is 0 Å². The number of nitrogens with one attached hydrogen (secondary N) is 1. The van der Waals surface area contributed by atoms with Crippen LogP contribution < -0.4 is 15.0 Å². The van der Waals surface area contributed by atoms with Gasteiger partial charge in [-0.25, -0.2) is 0 Å². The van der Waals surface area contributed by atoms with Crippen molar-refractivity contribution >= 4 is 23.2 Å². The van der Waals surface area contributed by atoms with Crippen molar-refractivity contribution in [3.8, 4) is 5.75 Å². The van der Waals surface area contributed by atoms with Gasteiger partial charge in [-0.2, -0.15) is 0 Å². The first-order valence-corrected chi connectivity index (χ1v) is 7.17. The van der Waals surface area contributed by atoms with Crippen LogP contribution in [-0.4, -0.2) is 24.5 Å². The number of nitrogens with zero attached hydrogens (tertiary/aromatic N) is 1. The quantitative estimate of drug-likeness (QED) is 0.911. The van der Waals surface area contributed by atoms with Crippen LogP contribution in [0.25, 0.3) is 0 Å². The Balaban J connectivity index is 2.32. The van der Waals surface area contributed by atoms with Crippen LogP contribution in [0.2, 0.25) is 0 Å². The maximum Gasteiger partial charge on any atom is 0.267 e. The van der Waals surface area contributed by atoms with Crippen molar-refractivity contribution in [2.45, 2.75) is 40.7 Å². The lowest BCUT2D eigenvalue weighted by Gasteiger charge is -2.32. The highest BCUT2D eigenvalue weighted by Crippen LogP contribution is 2.36. The molecular formula is C16H22N2O3. The van der Waals surface area contributed by atoms with Crippen LogP contribution in [0.1, 0.15) is 34.6 Å². The molecule has 21 heavy (non-hydrogen) atoms. The first-order chi connectivity index (χ1) is 9.74. The van der Waals surface area contributed by atoms with Gasteiger partial charge in [-0.3, -0.25) is 9.59 Å². The average Bonchev–Trinajstić information content (AvgIpc) is 2.40. The molecular weight excluding hydrogens is 268 g/mol. The predicted octanol–water partition coefficient (Wildman–Crippen LogP) is 2.81. The number of fused-ring (bicyclic) bond motifs is 1. The largest absolute Gasteiger partial charge is 0.479 e. The fourth-order valence-electron chi connectivity index (χ4n) is 2.13. The summed E-state index contributed by atoms with van der Waals surface area (Å²) in [6, 6.07) is 5.37. The van der Waals surface area contributed by atoms with E-state index in [1.807, 2.05) is 27.7 Å². The summed E-state index contributed by atoms with van der Waals surface area (Å²) in [7, 11) is 0. The smallest absolute Gasteiger partial charge is 0.267 e. The monoisotopic (exact) mass is 290 g/mol. The second kappa shape index (κ2) is 5.39. The average molecular weight is 290 g/mol. The summed E-state index contributed by atoms with van der Waals surface area (Å²) in [4.78, 5) is 25.8. The molecule has 1 aromatic rings. The van der Waals surface area contributed by atoms with Crippen LogP contribution in [-0.2, 0) is 9.59 Å². The molecule has 0 aliphatic carbocycles. The Morgan fingerprint density at radius 2 is 2.05 bits per heavy atom. The zero-order valence-corrected chi connectivity index (χ0v) is 13.2. The highest BCUT2D eigenvalue weighted by atomic mass is 16.5. The molecule has 1 aliphatic heterocycles. The molecule has 5 nitrogen and oxygen atoms in total. The van der Waals surface area contributed by atoms with Crippen LogP contribution in [0.15, 0.2) is 18.2 Å². The van der Waals surface area contributed by atoms with Gasteiger partial charge in [0.05, 0.1) is 5.69 Å². The summed E-state index contributed by atoms with van der Waals surface area (Å²) in [5.74, 6) is 0.531. The first kappa shape index (κ1) is 15.4.